The lowest BCUT2D eigenvalue weighted by Gasteiger charge is -2.30. The van der Waals surface area contributed by atoms with Gasteiger partial charge in [0, 0.05) is 70.4 Å². The molecule has 2 aromatic heterocycles. The van der Waals surface area contributed by atoms with Crippen molar-refractivity contribution in [1.29, 1.82) is 0 Å². The van der Waals surface area contributed by atoms with Gasteiger partial charge in [-0.3, -0.25) is 19.2 Å². The summed E-state index contributed by atoms with van der Waals surface area (Å²) in [5, 5.41) is 21.6. The molecule has 2 aliphatic rings. The fourth-order valence-corrected chi connectivity index (χ4v) is 7.39. The number of anilines is 6. The van der Waals surface area contributed by atoms with E-state index in [9.17, 15) is 19.2 Å². The maximum atomic E-state index is 12.5. The third-order valence-electron chi connectivity index (χ3n) is 8.92. The molecule has 57 heavy (non-hydrogen) atoms. The fraction of sp³-hybridized carbons (Fsp3) is 0.190. The predicted octanol–water partition coefficient (Wildman–Crippen LogP) is 7.29. The van der Waals surface area contributed by atoms with E-state index in [1.807, 2.05) is 35.2 Å². The number of aryl methyl sites for hydroxylation is 2. The van der Waals surface area contributed by atoms with Gasteiger partial charge in [-0.05, 0) is 97.5 Å². The number of nitrogens with zero attached hydrogens (tertiary/aromatic N) is 4. The van der Waals surface area contributed by atoms with Crippen molar-refractivity contribution in [3.63, 3.8) is 0 Å². The lowest BCUT2D eigenvalue weighted by Crippen LogP contribution is -2.36. The number of fused-ring (bicyclic) bond motifs is 2. The van der Waals surface area contributed by atoms with Crippen LogP contribution < -0.4 is 31.5 Å². The summed E-state index contributed by atoms with van der Waals surface area (Å²) in [6.07, 6.45) is 7.42. The molecule has 0 fully saturated rings. The van der Waals surface area contributed by atoms with Gasteiger partial charge in [-0.15, -0.1) is 22.7 Å². The summed E-state index contributed by atoms with van der Waals surface area (Å²) in [5.41, 5.74) is 13.0. The molecule has 292 valence electrons. The van der Waals surface area contributed by atoms with Crippen LogP contribution in [0.25, 0.3) is 0 Å². The van der Waals surface area contributed by atoms with E-state index in [0.717, 1.165) is 50.1 Å². The Morgan fingerprint density at radius 3 is 1.51 bits per heavy atom. The average Bonchev–Trinajstić information content (AvgIpc) is 3.97. The zero-order valence-corrected chi connectivity index (χ0v) is 32.6. The minimum absolute atomic E-state index is 0.0590. The van der Waals surface area contributed by atoms with Crippen molar-refractivity contribution in [3.8, 4) is 0 Å². The number of para-hydroxylation sites is 2. The van der Waals surface area contributed by atoms with Crippen LogP contribution in [0.4, 0.5) is 34.1 Å². The summed E-state index contributed by atoms with van der Waals surface area (Å²) in [7, 11) is 0. The largest absolute Gasteiger partial charge is 0.480 e. The molecule has 2 aliphatic heterocycles. The molecule has 4 heterocycles. The lowest BCUT2D eigenvalue weighted by molar-refractivity contribution is -0.135. The topological polar surface area (TPSA) is 183 Å². The second-order valence-corrected chi connectivity index (χ2v) is 14.8. The molecule has 15 heteroatoms. The van der Waals surface area contributed by atoms with Crippen molar-refractivity contribution in [1.82, 2.24) is 9.97 Å². The first-order valence-corrected chi connectivity index (χ1v) is 20.0. The van der Waals surface area contributed by atoms with Gasteiger partial charge in [0.1, 0.15) is 6.54 Å². The molecule has 13 nitrogen and oxygen atoms in total. The Kier molecular flexibility index (Phi) is 14.0. The normalized spacial score (nSPS) is 12.6. The number of carboxylic acids is 1. The van der Waals surface area contributed by atoms with E-state index in [-0.39, 0.29) is 24.3 Å². The molecule has 0 saturated carbocycles. The first-order chi connectivity index (χ1) is 27.7. The molecule has 3 amide bonds. The van der Waals surface area contributed by atoms with Gasteiger partial charge in [-0.1, -0.05) is 36.4 Å². The fourth-order valence-electron chi connectivity index (χ4n) is 6.33. The Morgan fingerprint density at radius 2 is 1.05 bits per heavy atom. The van der Waals surface area contributed by atoms with Crippen LogP contribution in [0.1, 0.15) is 43.6 Å². The summed E-state index contributed by atoms with van der Waals surface area (Å²) in [5.74, 6) is -1.26. The van der Waals surface area contributed by atoms with Gasteiger partial charge in [0.2, 0.25) is 5.91 Å². The maximum absolute atomic E-state index is 12.5. The summed E-state index contributed by atoms with van der Waals surface area (Å²) >= 11 is 2.59. The van der Waals surface area contributed by atoms with Gasteiger partial charge in [-0.25, -0.2) is 9.97 Å². The summed E-state index contributed by atoms with van der Waals surface area (Å²) in [6.45, 7) is 2.16. The van der Waals surface area contributed by atoms with Gasteiger partial charge in [-0.2, -0.15) is 0 Å². The van der Waals surface area contributed by atoms with Crippen LogP contribution in [0.5, 0.6) is 0 Å². The highest BCUT2D eigenvalue weighted by atomic mass is 32.1. The van der Waals surface area contributed by atoms with Crippen LogP contribution in [0.2, 0.25) is 0 Å². The van der Waals surface area contributed by atoms with E-state index in [2.05, 4.69) is 49.0 Å². The van der Waals surface area contributed by atoms with E-state index >= 15 is 0 Å². The predicted molar refractivity (Wildman–Crippen MR) is 228 cm³/mol. The van der Waals surface area contributed by atoms with E-state index in [1.54, 1.807) is 71.7 Å². The number of aromatic nitrogens is 2. The molecule has 6 N–H and O–H groups in total. The molecule has 0 radical (unpaired) electrons. The van der Waals surface area contributed by atoms with Gasteiger partial charge >= 0.3 is 5.97 Å². The number of carboxylic acid groups (broad SMARTS) is 1. The molecule has 4 aromatic carbocycles. The number of nitrogens with two attached hydrogens (primary N) is 1. The number of benzene rings is 4. The number of carbonyl (C=O) groups excluding carboxylic acids is 3. The van der Waals surface area contributed by atoms with E-state index < -0.39 is 5.97 Å². The number of aliphatic carboxylic acids is 1. The minimum atomic E-state index is -0.762. The third kappa shape index (κ3) is 11.7. The number of rotatable bonds is 9. The van der Waals surface area contributed by atoms with Crippen LogP contribution in [0.3, 0.4) is 0 Å². The Bertz CT molecular complexity index is 2250. The quantitative estimate of drug-likeness (QED) is 0.0932. The van der Waals surface area contributed by atoms with Crippen molar-refractivity contribution in [2.75, 3.05) is 57.7 Å². The Balaban J connectivity index is 0.000000159. The molecular formula is C42H42N8O5S2. The van der Waals surface area contributed by atoms with E-state index in [4.69, 9.17) is 10.8 Å². The second-order valence-electron chi connectivity index (χ2n) is 13.0. The van der Waals surface area contributed by atoms with Crippen molar-refractivity contribution >= 4 is 80.5 Å². The highest BCUT2D eigenvalue weighted by molar-refractivity contribution is 7.12. The number of thiazole rings is 2. The van der Waals surface area contributed by atoms with Crippen LogP contribution in [0.15, 0.2) is 120 Å². The van der Waals surface area contributed by atoms with Gasteiger partial charge in [0.05, 0.1) is 6.54 Å². The SMILES string of the molecule is Nc1ccc(NC(=O)c2nccs2)cc1.O=C(CN1CCCc2ccccc21)Nc1ccc(NC(=O)c2nccs2)cc1.O=C(O)CN1CCCc2ccccc21. The summed E-state index contributed by atoms with van der Waals surface area (Å²) < 4.78 is 0. The van der Waals surface area contributed by atoms with Crippen molar-refractivity contribution in [2.24, 2.45) is 0 Å². The zero-order chi connectivity index (χ0) is 40.0. The standard InChI is InChI=1S/C21H20N4O2S.C11H13NO2.C10H9N3OS/c26-19(14-25-12-3-5-15-4-1-2-6-18(15)25)23-16-7-9-17(10-8-16)24-20(27)21-22-11-13-28-21;13-11(14)8-12-7-3-5-9-4-1-2-6-10(9)12;11-7-1-3-8(4-2-7)13-9(14)10-12-5-6-15-10/h1-2,4,6-11,13H,3,5,12,14H2,(H,23,26)(H,24,27);1-2,4,6H,3,5,7-8H2,(H,13,14);1-6H,11H2,(H,13,14). The molecular weight excluding hydrogens is 761 g/mol. The Labute approximate surface area is 338 Å². The van der Waals surface area contributed by atoms with Crippen molar-refractivity contribution < 1.29 is 24.3 Å². The smallest absolute Gasteiger partial charge is 0.323 e. The molecule has 0 atom stereocenters. The third-order valence-corrected chi connectivity index (χ3v) is 10.5. The highest BCUT2D eigenvalue weighted by Gasteiger charge is 2.20. The monoisotopic (exact) mass is 802 g/mol. The molecule has 0 spiro atoms. The number of nitrogen functional groups attached to an aromatic ring is 1. The minimum Gasteiger partial charge on any atom is -0.480 e. The Hall–Kier alpha value is -6.58. The summed E-state index contributed by atoms with van der Waals surface area (Å²) in [6, 6.07) is 30.3. The molecule has 0 saturated heterocycles. The molecule has 0 unspecified atom stereocenters. The van der Waals surface area contributed by atoms with Crippen LogP contribution in [-0.4, -0.2) is 64.9 Å². The van der Waals surface area contributed by atoms with Gasteiger partial charge in [0.15, 0.2) is 10.0 Å². The lowest BCUT2D eigenvalue weighted by atomic mass is 10.0. The Morgan fingerprint density at radius 1 is 0.614 bits per heavy atom. The first kappa shape index (κ1) is 40.1. The maximum Gasteiger partial charge on any atom is 0.323 e. The average molecular weight is 803 g/mol. The number of amides is 3. The number of hydrogen-bond acceptors (Lipinski definition) is 11. The zero-order valence-electron chi connectivity index (χ0n) is 31.0. The van der Waals surface area contributed by atoms with Crippen LogP contribution >= 0.6 is 22.7 Å². The van der Waals surface area contributed by atoms with Gasteiger partial charge < -0.3 is 36.6 Å². The number of nitrogens with one attached hydrogen (secondary N) is 3. The number of hydrogen-bond donors (Lipinski definition) is 5. The van der Waals surface area contributed by atoms with Crippen molar-refractivity contribution in [3.05, 3.63) is 141 Å². The van der Waals surface area contributed by atoms with Crippen LogP contribution in [-0.2, 0) is 22.4 Å². The first-order valence-electron chi connectivity index (χ1n) is 18.3. The molecule has 6 aromatic rings. The van der Waals surface area contributed by atoms with Crippen molar-refractivity contribution in [2.45, 2.75) is 25.7 Å². The molecule has 8 rings (SSSR count). The van der Waals surface area contributed by atoms with Gasteiger partial charge in [0.25, 0.3) is 11.8 Å². The van der Waals surface area contributed by atoms with E-state index in [0.29, 0.717) is 39.3 Å². The number of carbonyl (C=O) groups is 4. The molecule has 0 bridgehead atoms. The summed E-state index contributed by atoms with van der Waals surface area (Å²) in [4.78, 5) is 58.7. The van der Waals surface area contributed by atoms with E-state index in [1.165, 1.54) is 33.8 Å². The molecule has 0 aliphatic carbocycles. The second kappa shape index (κ2) is 19.8. The highest BCUT2D eigenvalue weighted by Crippen LogP contribution is 2.27. The van der Waals surface area contributed by atoms with Crippen LogP contribution in [0, 0.1) is 0 Å².